The first-order valence-corrected chi connectivity index (χ1v) is 7.83. The highest BCUT2D eigenvalue weighted by molar-refractivity contribution is 7.99. The molecule has 1 aromatic rings. The normalized spacial score (nSPS) is 24.3. The van der Waals surface area contributed by atoms with Crippen LogP contribution in [0, 0.1) is 12.8 Å². The Labute approximate surface area is 113 Å². The Balaban J connectivity index is 1.41. The fourth-order valence-electron chi connectivity index (χ4n) is 2.48. The van der Waals surface area contributed by atoms with Crippen LogP contribution in [-0.4, -0.2) is 47.4 Å². The predicted octanol–water partition coefficient (Wildman–Crippen LogP) is 1.32. The van der Waals surface area contributed by atoms with Gasteiger partial charge in [-0.1, -0.05) is 0 Å². The van der Waals surface area contributed by atoms with Gasteiger partial charge in [0, 0.05) is 37.3 Å². The predicted molar refractivity (Wildman–Crippen MR) is 76.2 cm³/mol. The summed E-state index contributed by atoms with van der Waals surface area (Å²) in [4.78, 5) is 2.31. The molecule has 2 saturated heterocycles. The van der Waals surface area contributed by atoms with Crippen LogP contribution in [0.25, 0.3) is 0 Å². The highest BCUT2D eigenvalue weighted by atomic mass is 32.2. The second-order valence-electron chi connectivity index (χ2n) is 5.27. The third-order valence-corrected chi connectivity index (χ3v) is 4.85. The van der Waals surface area contributed by atoms with Crippen LogP contribution in [0.2, 0.25) is 0 Å². The van der Waals surface area contributed by atoms with Crippen molar-refractivity contribution in [1.82, 2.24) is 15.5 Å². The van der Waals surface area contributed by atoms with Crippen LogP contribution in [-0.2, 0) is 0 Å². The molecule has 0 radical (unpaired) electrons. The van der Waals surface area contributed by atoms with E-state index in [2.05, 4.69) is 38.2 Å². The Morgan fingerprint density at radius 3 is 2.94 bits per heavy atom. The van der Waals surface area contributed by atoms with Gasteiger partial charge in [0.2, 0.25) is 0 Å². The van der Waals surface area contributed by atoms with Gasteiger partial charge >= 0.3 is 0 Å². The summed E-state index contributed by atoms with van der Waals surface area (Å²) in [6.07, 6.45) is 1.34. The van der Waals surface area contributed by atoms with Crippen molar-refractivity contribution in [2.45, 2.75) is 19.4 Å². The van der Waals surface area contributed by atoms with E-state index in [0.717, 1.165) is 43.1 Å². The van der Waals surface area contributed by atoms with E-state index < -0.39 is 0 Å². The molecule has 1 aromatic heterocycles. The van der Waals surface area contributed by atoms with Crippen LogP contribution < -0.4 is 10.2 Å². The van der Waals surface area contributed by atoms with Gasteiger partial charge in [0.15, 0.2) is 5.82 Å². The highest BCUT2D eigenvalue weighted by Gasteiger charge is 2.28. The van der Waals surface area contributed by atoms with Crippen molar-refractivity contribution in [2.24, 2.45) is 5.92 Å². The monoisotopic (exact) mass is 264 g/mol. The topological polar surface area (TPSA) is 41.0 Å². The fourth-order valence-corrected chi connectivity index (χ4v) is 3.66. The zero-order chi connectivity index (χ0) is 12.4. The Morgan fingerprint density at radius 2 is 2.28 bits per heavy atom. The fraction of sp³-hybridized carbons (Fsp3) is 0.692. The molecule has 0 aromatic carbocycles. The SMILES string of the molecule is Cc1ccc(N2CC(CNC3CCSC3)C2)nn1. The van der Waals surface area contributed by atoms with Gasteiger partial charge < -0.3 is 10.2 Å². The number of thioether (sulfide) groups is 1. The zero-order valence-corrected chi connectivity index (χ0v) is 11.6. The van der Waals surface area contributed by atoms with Gasteiger partial charge in [-0.25, -0.2) is 0 Å². The Morgan fingerprint density at radius 1 is 1.39 bits per heavy atom. The van der Waals surface area contributed by atoms with Gasteiger partial charge in [0.25, 0.3) is 0 Å². The number of nitrogens with one attached hydrogen (secondary N) is 1. The first-order valence-electron chi connectivity index (χ1n) is 6.67. The summed E-state index contributed by atoms with van der Waals surface area (Å²) < 4.78 is 0. The van der Waals surface area contributed by atoms with Gasteiger partial charge in [0.1, 0.15) is 0 Å². The lowest BCUT2D eigenvalue weighted by atomic mass is 10.00. The summed E-state index contributed by atoms with van der Waals surface area (Å²) in [5.74, 6) is 4.42. The Bertz CT molecular complexity index is 382. The third kappa shape index (κ3) is 2.78. The van der Waals surface area contributed by atoms with Crippen LogP contribution in [0.5, 0.6) is 0 Å². The number of rotatable bonds is 4. The van der Waals surface area contributed by atoms with Crippen LogP contribution >= 0.6 is 11.8 Å². The summed E-state index contributed by atoms with van der Waals surface area (Å²) in [6, 6.07) is 4.85. The quantitative estimate of drug-likeness (QED) is 0.888. The van der Waals surface area contributed by atoms with Crippen molar-refractivity contribution in [3.8, 4) is 0 Å². The molecule has 98 valence electrons. The standard InChI is InChI=1S/C13H20N4S/c1-10-2-3-13(16-15-10)17-7-11(8-17)6-14-12-4-5-18-9-12/h2-3,11-12,14H,4-9H2,1H3. The van der Waals surface area contributed by atoms with Gasteiger partial charge in [-0.2, -0.15) is 16.9 Å². The van der Waals surface area contributed by atoms with Crippen molar-refractivity contribution >= 4 is 17.6 Å². The van der Waals surface area contributed by atoms with E-state index >= 15 is 0 Å². The largest absolute Gasteiger partial charge is 0.354 e. The van der Waals surface area contributed by atoms with E-state index in [9.17, 15) is 0 Å². The van der Waals surface area contributed by atoms with Crippen LogP contribution in [0.15, 0.2) is 12.1 Å². The molecule has 2 aliphatic heterocycles. The average molecular weight is 264 g/mol. The maximum Gasteiger partial charge on any atom is 0.151 e. The second-order valence-corrected chi connectivity index (χ2v) is 6.42. The number of hydrogen-bond donors (Lipinski definition) is 1. The third-order valence-electron chi connectivity index (χ3n) is 3.69. The number of nitrogens with zero attached hydrogens (tertiary/aromatic N) is 3. The van der Waals surface area contributed by atoms with Crippen molar-refractivity contribution in [1.29, 1.82) is 0 Å². The molecule has 0 aliphatic carbocycles. The molecule has 0 spiro atoms. The van der Waals surface area contributed by atoms with Crippen LogP contribution in [0.4, 0.5) is 5.82 Å². The summed E-state index contributed by atoms with van der Waals surface area (Å²) in [7, 11) is 0. The average Bonchev–Trinajstić information content (AvgIpc) is 2.82. The maximum absolute atomic E-state index is 4.22. The Kier molecular flexibility index (Phi) is 3.70. The van der Waals surface area contributed by atoms with Crippen molar-refractivity contribution in [3.05, 3.63) is 17.8 Å². The maximum atomic E-state index is 4.22. The lowest BCUT2D eigenvalue weighted by Gasteiger charge is -2.40. The molecule has 2 aliphatic rings. The van der Waals surface area contributed by atoms with E-state index in [0.29, 0.717) is 0 Å². The van der Waals surface area contributed by atoms with Gasteiger partial charge in [-0.3, -0.25) is 0 Å². The lowest BCUT2D eigenvalue weighted by molar-refractivity contribution is 0.365. The first-order chi connectivity index (χ1) is 8.81. The molecule has 1 N–H and O–H groups in total. The molecule has 1 unspecified atom stereocenters. The number of aryl methyl sites for hydroxylation is 1. The molecule has 3 rings (SSSR count). The molecule has 0 bridgehead atoms. The molecule has 2 fully saturated rings. The van der Waals surface area contributed by atoms with Gasteiger partial charge in [-0.15, -0.1) is 5.10 Å². The van der Waals surface area contributed by atoms with E-state index in [1.54, 1.807) is 0 Å². The minimum atomic E-state index is 0.753. The molecule has 3 heterocycles. The lowest BCUT2D eigenvalue weighted by Crippen LogP contribution is -2.52. The molecule has 1 atom stereocenters. The summed E-state index contributed by atoms with van der Waals surface area (Å²) >= 11 is 2.07. The summed E-state index contributed by atoms with van der Waals surface area (Å²) in [5, 5.41) is 12.0. The Hall–Kier alpha value is -0.810. The van der Waals surface area contributed by atoms with E-state index in [-0.39, 0.29) is 0 Å². The minimum absolute atomic E-state index is 0.753. The number of aromatic nitrogens is 2. The second kappa shape index (κ2) is 5.45. The molecule has 5 heteroatoms. The number of anilines is 1. The minimum Gasteiger partial charge on any atom is -0.354 e. The molecular weight excluding hydrogens is 244 g/mol. The zero-order valence-electron chi connectivity index (χ0n) is 10.8. The van der Waals surface area contributed by atoms with E-state index in [4.69, 9.17) is 0 Å². The smallest absolute Gasteiger partial charge is 0.151 e. The molecular formula is C13H20N4S. The van der Waals surface area contributed by atoms with E-state index in [1.165, 1.54) is 17.9 Å². The molecule has 0 amide bonds. The van der Waals surface area contributed by atoms with Gasteiger partial charge in [0.05, 0.1) is 5.69 Å². The molecule has 4 nitrogen and oxygen atoms in total. The summed E-state index contributed by atoms with van der Waals surface area (Å²) in [5.41, 5.74) is 0.983. The van der Waals surface area contributed by atoms with Crippen LogP contribution in [0.1, 0.15) is 12.1 Å². The van der Waals surface area contributed by atoms with E-state index in [1.807, 2.05) is 13.0 Å². The van der Waals surface area contributed by atoms with Crippen LogP contribution in [0.3, 0.4) is 0 Å². The molecule has 18 heavy (non-hydrogen) atoms. The number of hydrogen-bond acceptors (Lipinski definition) is 5. The van der Waals surface area contributed by atoms with Crippen molar-refractivity contribution < 1.29 is 0 Å². The van der Waals surface area contributed by atoms with Gasteiger partial charge in [-0.05, 0) is 31.2 Å². The first kappa shape index (κ1) is 12.2. The highest BCUT2D eigenvalue weighted by Crippen LogP contribution is 2.22. The molecule has 0 saturated carbocycles. The van der Waals surface area contributed by atoms with Crippen molar-refractivity contribution in [3.63, 3.8) is 0 Å². The summed E-state index contributed by atoms with van der Waals surface area (Å²) in [6.45, 7) is 5.36. The van der Waals surface area contributed by atoms with Crippen molar-refractivity contribution in [2.75, 3.05) is 36.0 Å².